The summed E-state index contributed by atoms with van der Waals surface area (Å²) in [5.41, 5.74) is 4.96. The third-order valence-electron chi connectivity index (χ3n) is 5.84. The van der Waals surface area contributed by atoms with Crippen LogP contribution in [0, 0.1) is 12.8 Å². The lowest BCUT2D eigenvalue weighted by Gasteiger charge is -2.07. The van der Waals surface area contributed by atoms with Gasteiger partial charge in [0.25, 0.3) is 5.56 Å². The highest BCUT2D eigenvalue weighted by Gasteiger charge is 2.17. The van der Waals surface area contributed by atoms with E-state index in [4.69, 9.17) is 10.1 Å². The largest absolute Gasteiger partial charge is 0.297 e. The van der Waals surface area contributed by atoms with Gasteiger partial charge in [0.05, 0.1) is 17.1 Å². The van der Waals surface area contributed by atoms with Crippen molar-refractivity contribution in [1.82, 2.24) is 14.0 Å². The predicted molar refractivity (Wildman–Crippen MR) is 141 cm³/mol. The third-order valence-corrected chi connectivity index (χ3v) is 6.66. The fraction of sp³-hybridized carbons (Fsp3) is 0.296. The zero-order valence-corrected chi connectivity index (χ0v) is 21.2. The molecule has 0 N–H and O–H groups in total. The zero-order chi connectivity index (χ0) is 24.2. The lowest BCUT2D eigenvalue weighted by atomic mass is 10.1. The molecular formula is C27H31N5OS. The molecule has 0 amide bonds. The Morgan fingerprint density at radius 3 is 2.32 bits per heavy atom. The van der Waals surface area contributed by atoms with Crippen LogP contribution < -0.4 is 10.4 Å². The molecule has 4 rings (SSSR count). The summed E-state index contributed by atoms with van der Waals surface area (Å²) < 4.78 is 5.39. The van der Waals surface area contributed by atoms with Gasteiger partial charge < -0.3 is 0 Å². The van der Waals surface area contributed by atoms with Crippen LogP contribution in [-0.4, -0.2) is 19.8 Å². The fourth-order valence-electron chi connectivity index (χ4n) is 3.78. The maximum Gasteiger partial charge on any atom is 0.297 e. The third kappa shape index (κ3) is 4.89. The van der Waals surface area contributed by atoms with E-state index in [1.165, 1.54) is 11.3 Å². The first-order chi connectivity index (χ1) is 16.4. The molecule has 2 aromatic carbocycles. The molecule has 0 radical (unpaired) electrons. The minimum atomic E-state index is -0.145. The van der Waals surface area contributed by atoms with Gasteiger partial charge in [-0.3, -0.25) is 9.48 Å². The van der Waals surface area contributed by atoms with Gasteiger partial charge in [-0.1, -0.05) is 62.4 Å². The molecular weight excluding hydrogens is 442 g/mol. The summed E-state index contributed by atoms with van der Waals surface area (Å²) in [5.74, 6) is 0.610. The van der Waals surface area contributed by atoms with Gasteiger partial charge in [0.15, 0.2) is 5.69 Å². The molecule has 6 nitrogen and oxygen atoms in total. The summed E-state index contributed by atoms with van der Waals surface area (Å²) in [6.07, 6.45) is 1.99. The number of aromatic nitrogens is 3. The van der Waals surface area contributed by atoms with Gasteiger partial charge in [-0.25, -0.2) is 14.4 Å². The van der Waals surface area contributed by atoms with Gasteiger partial charge in [-0.2, -0.15) is 5.10 Å². The van der Waals surface area contributed by atoms with Gasteiger partial charge in [-0.15, -0.1) is 11.3 Å². The number of rotatable bonds is 7. The van der Waals surface area contributed by atoms with Gasteiger partial charge in [0, 0.05) is 23.7 Å². The van der Waals surface area contributed by atoms with E-state index in [9.17, 15) is 4.79 Å². The Morgan fingerprint density at radius 2 is 1.68 bits per heavy atom. The Kier molecular flexibility index (Phi) is 7.12. The maximum absolute atomic E-state index is 13.4. The molecule has 2 heterocycles. The fourth-order valence-corrected chi connectivity index (χ4v) is 4.61. The number of hydrogen-bond acceptors (Lipinski definition) is 4. The maximum atomic E-state index is 13.4. The molecule has 176 valence electrons. The van der Waals surface area contributed by atoms with E-state index in [-0.39, 0.29) is 5.56 Å². The van der Waals surface area contributed by atoms with Crippen LogP contribution in [0.5, 0.6) is 0 Å². The molecule has 4 aromatic rings. The van der Waals surface area contributed by atoms with Crippen LogP contribution in [0.2, 0.25) is 0 Å². The summed E-state index contributed by atoms with van der Waals surface area (Å²) in [7, 11) is 1.88. The molecule has 7 heteroatoms. The second-order valence-electron chi connectivity index (χ2n) is 8.87. The van der Waals surface area contributed by atoms with Gasteiger partial charge in [0.2, 0.25) is 4.80 Å². The number of hydrogen-bond donors (Lipinski definition) is 0. The van der Waals surface area contributed by atoms with Crippen molar-refractivity contribution < 1.29 is 0 Å². The topological polar surface area (TPSA) is 56.6 Å². The van der Waals surface area contributed by atoms with Crippen molar-refractivity contribution in [1.29, 1.82) is 0 Å². The molecule has 0 aliphatic rings. The molecule has 0 atom stereocenters. The molecule has 2 aromatic heterocycles. The second-order valence-corrected chi connectivity index (χ2v) is 9.71. The summed E-state index contributed by atoms with van der Waals surface area (Å²) in [6, 6.07) is 19.8. The lowest BCUT2D eigenvalue weighted by Crippen LogP contribution is -2.20. The number of benzene rings is 2. The van der Waals surface area contributed by atoms with E-state index < -0.39 is 0 Å². The number of para-hydroxylation sites is 1. The minimum Gasteiger partial charge on any atom is -0.283 e. The normalized spacial score (nSPS) is 12.6. The van der Waals surface area contributed by atoms with Crippen molar-refractivity contribution in [3.63, 3.8) is 0 Å². The van der Waals surface area contributed by atoms with Crippen LogP contribution in [0.25, 0.3) is 16.9 Å². The highest BCUT2D eigenvalue weighted by atomic mass is 32.1. The number of nitrogens with zero attached hydrogens (tertiary/aromatic N) is 5. The van der Waals surface area contributed by atoms with Crippen LogP contribution in [0.4, 0.5) is 5.69 Å². The molecule has 0 unspecified atom stereocenters. The smallest absolute Gasteiger partial charge is 0.283 e. The van der Waals surface area contributed by atoms with Crippen LogP contribution >= 0.6 is 11.3 Å². The van der Waals surface area contributed by atoms with Crippen molar-refractivity contribution in [2.24, 2.45) is 23.1 Å². The van der Waals surface area contributed by atoms with Crippen molar-refractivity contribution >= 4 is 22.7 Å². The average Bonchev–Trinajstić information content (AvgIpc) is 3.32. The van der Waals surface area contributed by atoms with E-state index in [1.807, 2.05) is 71.9 Å². The van der Waals surface area contributed by atoms with Crippen molar-refractivity contribution in [2.75, 3.05) is 0 Å². The van der Waals surface area contributed by atoms with Gasteiger partial charge >= 0.3 is 0 Å². The van der Waals surface area contributed by atoms with E-state index in [0.29, 0.717) is 16.4 Å². The first-order valence-corrected chi connectivity index (χ1v) is 12.4. The molecule has 0 saturated heterocycles. The van der Waals surface area contributed by atoms with E-state index in [2.05, 4.69) is 38.3 Å². The quantitative estimate of drug-likeness (QED) is 0.308. The monoisotopic (exact) mass is 473 g/mol. The molecule has 0 fully saturated rings. The highest BCUT2D eigenvalue weighted by Crippen LogP contribution is 2.22. The van der Waals surface area contributed by atoms with Crippen LogP contribution in [0.3, 0.4) is 0 Å². The van der Waals surface area contributed by atoms with Gasteiger partial charge in [-0.05, 0) is 44.7 Å². The summed E-state index contributed by atoms with van der Waals surface area (Å²) in [4.78, 5) is 18.9. The summed E-state index contributed by atoms with van der Waals surface area (Å²) in [5, 5.41) is 7.00. The Labute approximate surface area is 204 Å². The Morgan fingerprint density at radius 1 is 1.03 bits per heavy atom. The number of thiazole rings is 1. The van der Waals surface area contributed by atoms with Crippen LogP contribution in [0.1, 0.15) is 39.3 Å². The van der Waals surface area contributed by atoms with Gasteiger partial charge in [0.1, 0.15) is 0 Å². The Balaban J connectivity index is 1.89. The minimum absolute atomic E-state index is 0.145. The standard InChI is InChI=1S/C27H31N5OS/c1-19(2)16-17-20(3)29-31-24(22-12-8-6-9-13-22)18-34-27(31)28-25-21(4)30(5)32(26(25)33)23-14-10-7-11-15-23/h6-15,18-19H,16-17H2,1-5H3. The van der Waals surface area contributed by atoms with Crippen molar-refractivity contribution in [2.45, 2.75) is 40.5 Å². The SMILES string of the molecule is CC(CCC(C)C)=Nn1c(-c2ccccc2)csc1=Nc1c(C)n(C)n(-c2ccccc2)c1=O. The van der Waals surface area contributed by atoms with E-state index in [0.717, 1.165) is 41.2 Å². The van der Waals surface area contributed by atoms with Crippen LogP contribution in [0.15, 0.2) is 80.9 Å². The molecule has 0 saturated carbocycles. The lowest BCUT2D eigenvalue weighted by molar-refractivity contribution is 0.601. The molecule has 0 aliphatic carbocycles. The summed E-state index contributed by atoms with van der Waals surface area (Å²) in [6.45, 7) is 8.42. The first kappa shape index (κ1) is 23.7. The predicted octanol–water partition coefficient (Wildman–Crippen LogP) is 5.91. The van der Waals surface area contributed by atoms with Crippen LogP contribution in [-0.2, 0) is 7.05 Å². The van der Waals surface area contributed by atoms with Crippen molar-refractivity contribution in [3.05, 3.63) is 86.9 Å². The van der Waals surface area contributed by atoms with Crippen molar-refractivity contribution in [3.8, 4) is 16.9 Å². The average molecular weight is 474 g/mol. The molecule has 0 aliphatic heterocycles. The Bertz CT molecular complexity index is 1420. The molecule has 0 spiro atoms. The second kappa shape index (κ2) is 10.2. The molecule has 34 heavy (non-hydrogen) atoms. The molecule has 0 bridgehead atoms. The zero-order valence-electron chi connectivity index (χ0n) is 20.4. The highest BCUT2D eigenvalue weighted by molar-refractivity contribution is 7.07. The Hall–Kier alpha value is -3.45. The van der Waals surface area contributed by atoms with E-state index >= 15 is 0 Å². The van der Waals surface area contributed by atoms with E-state index in [1.54, 1.807) is 4.68 Å². The first-order valence-electron chi connectivity index (χ1n) is 11.6. The summed E-state index contributed by atoms with van der Waals surface area (Å²) >= 11 is 1.49.